The van der Waals surface area contributed by atoms with Gasteiger partial charge < -0.3 is 10.2 Å². The molecule has 0 aliphatic heterocycles. The van der Waals surface area contributed by atoms with Crippen LogP contribution in [0.2, 0.25) is 0 Å². The van der Waals surface area contributed by atoms with Gasteiger partial charge in [-0.1, -0.05) is 32.4 Å². The molecule has 0 bridgehead atoms. The molecule has 0 radical (unpaired) electrons. The molecular formula is C20H32O2. The van der Waals surface area contributed by atoms with E-state index < -0.39 is 0 Å². The van der Waals surface area contributed by atoms with Crippen LogP contribution >= 0.6 is 0 Å². The Morgan fingerprint density at radius 3 is 2.41 bits per heavy atom. The number of allylic oxidation sites excluding steroid dienone is 1. The molecule has 2 nitrogen and oxygen atoms in total. The summed E-state index contributed by atoms with van der Waals surface area (Å²) in [5.74, 6) is 1.47. The van der Waals surface area contributed by atoms with Crippen molar-refractivity contribution < 1.29 is 10.2 Å². The Morgan fingerprint density at radius 1 is 0.909 bits per heavy atom. The van der Waals surface area contributed by atoms with Crippen LogP contribution in [0.4, 0.5) is 0 Å². The number of rotatable bonds is 0. The van der Waals surface area contributed by atoms with Gasteiger partial charge in [0.2, 0.25) is 0 Å². The van der Waals surface area contributed by atoms with Crippen LogP contribution in [0, 0.1) is 28.1 Å². The van der Waals surface area contributed by atoms with Crippen LogP contribution in [-0.4, -0.2) is 22.4 Å². The van der Waals surface area contributed by atoms with Gasteiger partial charge in [0, 0.05) is 0 Å². The van der Waals surface area contributed by atoms with Crippen LogP contribution in [0.25, 0.3) is 0 Å². The van der Waals surface area contributed by atoms with E-state index in [9.17, 15) is 10.2 Å². The van der Waals surface area contributed by atoms with Gasteiger partial charge in [0.15, 0.2) is 0 Å². The molecule has 0 heterocycles. The Morgan fingerprint density at radius 2 is 1.64 bits per heavy atom. The molecule has 0 amide bonds. The maximum Gasteiger partial charge on any atom is 0.0599 e. The highest BCUT2D eigenvalue weighted by atomic mass is 16.3. The molecule has 0 aromatic carbocycles. The first-order valence-corrected chi connectivity index (χ1v) is 9.37. The van der Waals surface area contributed by atoms with E-state index in [0.717, 1.165) is 31.6 Å². The molecule has 22 heavy (non-hydrogen) atoms. The Bertz CT molecular complexity index is 512. The normalized spacial score (nSPS) is 57.6. The summed E-state index contributed by atoms with van der Waals surface area (Å²) in [5.41, 5.74) is 2.25. The van der Waals surface area contributed by atoms with Crippen molar-refractivity contribution in [1.82, 2.24) is 0 Å². The standard InChI is InChI=1S/C20H32O2/c1-18-9-6-14(21)12-13(18)4-5-16-15(18)7-10-20(3)17(22)8-11-19(16,20)2/h4,14-17,21-22H,5-12H2,1-3H3/t14-,15+,16-,17+,18-,19-,20+/m0/s1. The average molecular weight is 304 g/mol. The Balaban J connectivity index is 1.73. The highest BCUT2D eigenvalue weighted by Crippen LogP contribution is 2.70. The smallest absolute Gasteiger partial charge is 0.0599 e. The molecule has 4 rings (SSSR count). The second-order valence-corrected chi connectivity index (χ2v) is 9.42. The fourth-order valence-electron chi connectivity index (χ4n) is 7.00. The number of aliphatic hydroxyl groups is 2. The third-order valence-corrected chi connectivity index (χ3v) is 8.88. The zero-order valence-electron chi connectivity index (χ0n) is 14.4. The molecule has 0 spiro atoms. The summed E-state index contributed by atoms with van der Waals surface area (Å²) < 4.78 is 0. The lowest BCUT2D eigenvalue weighted by atomic mass is 9.43. The fourth-order valence-corrected chi connectivity index (χ4v) is 7.00. The highest BCUT2D eigenvalue weighted by Gasteiger charge is 2.64. The minimum absolute atomic E-state index is 0.107. The number of aliphatic hydroxyl groups excluding tert-OH is 2. The molecule has 4 aliphatic carbocycles. The SMILES string of the molecule is C[C@]12CC[C@H](O)CC1=CC[C@H]1[C@H]2CC[C@]2(C)[C@H](O)CC[C@@]12C. The zero-order chi connectivity index (χ0) is 15.8. The van der Waals surface area contributed by atoms with Crippen LogP contribution in [0.5, 0.6) is 0 Å². The second-order valence-electron chi connectivity index (χ2n) is 9.42. The first-order chi connectivity index (χ1) is 10.3. The largest absolute Gasteiger partial charge is 0.393 e. The zero-order valence-corrected chi connectivity index (χ0v) is 14.4. The van der Waals surface area contributed by atoms with Crippen LogP contribution < -0.4 is 0 Å². The van der Waals surface area contributed by atoms with Crippen molar-refractivity contribution in [3.05, 3.63) is 11.6 Å². The van der Waals surface area contributed by atoms with Gasteiger partial charge in [-0.2, -0.15) is 0 Å². The Hall–Kier alpha value is -0.340. The third kappa shape index (κ3) is 1.69. The predicted molar refractivity (Wildman–Crippen MR) is 88.3 cm³/mol. The van der Waals surface area contributed by atoms with Gasteiger partial charge in [-0.3, -0.25) is 0 Å². The maximum atomic E-state index is 10.6. The van der Waals surface area contributed by atoms with Gasteiger partial charge in [-0.15, -0.1) is 0 Å². The van der Waals surface area contributed by atoms with Crippen molar-refractivity contribution in [3.63, 3.8) is 0 Å². The van der Waals surface area contributed by atoms with Gasteiger partial charge in [-0.25, -0.2) is 0 Å². The Labute approximate surface area is 135 Å². The van der Waals surface area contributed by atoms with Crippen LogP contribution in [0.1, 0.15) is 72.1 Å². The summed E-state index contributed by atoms with van der Waals surface area (Å²) in [6.45, 7) is 7.30. The van der Waals surface area contributed by atoms with E-state index in [1.165, 1.54) is 25.7 Å². The Kier molecular flexibility index (Phi) is 3.18. The molecule has 7 atom stereocenters. The summed E-state index contributed by atoms with van der Waals surface area (Å²) in [6.07, 6.45) is 11.1. The first-order valence-electron chi connectivity index (χ1n) is 9.37. The summed E-state index contributed by atoms with van der Waals surface area (Å²) in [4.78, 5) is 0. The van der Waals surface area contributed by atoms with E-state index in [-0.39, 0.29) is 23.0 Å². The van der Waals surface area contributed by atoms with Crippen molar-refractivity contribution >= 4 is 0 Å². The lowest BCUT2D eigenvalue weighted by Gasteiger charge is -2.62. The molecular weight excluding hydrogens is 272 g/mol. The van der Waals surface area contributed by atoms with Crippen LogP contribution in [-0.2, 0) is 0 Å². The number of hydrogen-bond acceptors (Lipinski definition) is 2. The molecule has 124 valence electrons. The number of hydrogen-bond donors (Lipinski definition) is 2. The monoisotopic (exact) mass is 304 g/mol. The van der Waals surface area contributed by atoms with E-state index in [1.807, 2.05) is 0 Å². The van der Waals surface area contributed by atoms with Crippen molar-refractivity contribution in [1.29, 1.82) is 0 Å². The quantitative estimate of drug-likeness (QED) is 0.663. The topological polar surface area (TPSA) is 40.5 Å². The van der Waals surface area contributed by atoms with E-state index in [1.54, 1.807) is 5.57 Å². The second kappa shape index (κ2) is 4.60. The highest BCUT2D eigenvalue weighted by molar-refractivity contribution is 5.26. The molecule has 0 aromatic rings. The first kappa shape index (κ1) is 15.2. The van der Waals surface area contributed by atoms with Gasteiger partial charge in [0.05, 0.1) is 12.2 Å². The minimum Gasteiger partial charge on any atom is -0.393 e. The predicted octanol–water partition coefficient (Wildman–Crippen LogP) is 4.06. The molecule has 3 saturated carbocycles. The van der Waals surface area contributed by atoms with Crippen molar-refractivity contribution in [2.75, 3.05) is 0 Å². The molecule has 2 heteroatoms. The summed E-state index contributed by atoms with van der Waals surface area (Å²) in [6, 6.07) is 0. The van der Waals surface area contributed by atoms with Gasteiger partial charge in [0.1, 0.15) is 0 Å². The lowest BCUT2D eigenvalue weighted by Crippen LogP contribution is -2.56. The molecule has 2 N–H and O–H groups in total. The van der Waals surface area contributed by atoms with Gasteiger partial charge in [-0.05, 0) is 79.4 Å². The summed E-state index contributed by atoms with van der Waals surface area (Å²) >= 11 is 0. The molecule has 0 saturated heterocycles. The van der Waals surface area contributed by atoms with E-state index in [0.29, 0.717) is 11.3 Å². The minimum atomic E-state index is -0.117. The van der Waals surface area contributed by atoms with Crippen LogP contribution in [0.15, 0.2) is 11.6 Å². The average Bonchev–Trinajstić information content (AvgIpc) is 2.72. The van der Waals surface area contributed by atoms with Crippen LogP contribution in [0.3, 0.4) is 0 Å². The number of fused-ring (bicyclic) bond motifs is 5. The van der Waals surface area contributed by atoms with E-state index in [2.05, 4.69) is 26.8 Å². The summed E-state index contributed by atoms with van der Waals surface area (Å²) in [7, 11) is 0. The molecule has 0 unspecified atom stereocenters. The van der Waals surface area contributed by atoms with Crippen molar-refractivity contribution in [2.45, 2.75) is 84.3 Å². The van der Waals surface area contributed by atoms with Gasteiger partial charge in [0.25, 0.3) is 0 Å². The lowest BCUT2D eigenvalue weighted by molar-refractivity contribution is -0.124. The molecule has 4 aliphatic rings. The van der Waals surface area contributed by atoms with Crippen molar-refractivity contribution in [3.8, 4) is 0 Å². The van der Waals surface area contributed by atoms with E-state index >= 15 is 0 Å². The van der Waals surface area contributed by atoms with Gasteiger partial charge >= 0.3 is 0 Å². The molecule has 3 fully saturated rings. The fraction of sp³-hybridized carbons (Fsp3) is 0.900. The maximum absolute atomic E-state index is 10.6. The third-order valence-electron chi connectivity index (χ3n) is 8.88. The van der Waals surface area contributed by atoms with E-state index in [4.69, 9.17) is 0 Å². The molecule has 0 aromatic heterocycles. The summed E-state index contributed by atoms with van der Waals surface area (Å²) in [5, 5.41) is 20.7. The van der Waals surface area contributed by atoms with Crippen molar-refractivity contribution in [2.24, 2.45) is 28.1 Å².